The van der Waals surface area contributed by atoms with Gasteiger partial charge < -0.3 is 10.1 Å². The Morgan fingerprint density at radius 2 is 1.95 bits per heavy atom. The molecule has 4 heteroatoms. The van der Waals surface area contributed by atoms with Crippen molar-refractivity contribution in [2.45, 2.75) is 19.9 Å². The summed E-state index contributed by atoms with van der Waals surface area (Å²) in [7, 11) is 0. The minimum absolute atomic E-state index is 0.258. The van der Waals surface area contributed by atoms with Crippen LogP contribution in [0.3, 0.4) is 0 Å². The van der Waals surface area contributed by atoms with Gasteiger partial charge in [0.25, 0.3) is 0 Å². The summed E-state index contributed by atoms with van der Waals surface area (Å²) >= 11 is 2.17. The van der Waals surface area contributed by atoms with E-state index >= 15 is 0 Å². The van der Waals surface area contributed by atoms with E-state index in [0.29, 0.717) is 12.3 Å². The van der Waals surface area contributed by atoms with Crippen molar-refractivity contribution in [3.8, 4) is 11.5 Å². The molecule has 0 fully saturated rings. The number of nitrogens with one attached hydrogen (secondary N) is 1. The van der Waals surface area contributed by atoms with E-state index in [0.717, 1.165) is 22.1 Å². The van der Waals surface area contributed by atoms with E-state index in [2.05, 4.69) is 34.8 Å². The maximum atomic E-state index is 14.0. The molecule has 2 aromatic carbocycles. The van der Waals surface area contributed by atoms with Crippen LogP contribution >= 0.6 is 22.6 Å². The van der Waals surface area contributed by atoms with E-state index in [4.69, 9.17) is 4.74 Å². The topological polar surface area (TPSA) is 21.3 Å². The van der Waals surface area contributed by atoms with Crippen LogP contribution in [-0.4, -0.2) is 6.54 Å². The fourth-order valence-corrected chi connectivity index (χ4v) is 2.29. The number of para-hydroxylation sites is 1. The largest absolute Gasteiger partial charge is 0.453 e. The molecule has 0 aliphatic rings. The maximum Gasteiger partial charge on any atom is 0.166 e. The van der Waals surface area contributed by atoms with Gasteiger partial charge in [0.2, 0.25) is 0 Å². The molecule has 106 valence electrons. The van der Waals surface area contributed by atoms with Crippen LogP contribution in [-0.2, 0) is 6.54 Å². The first-order valence-corrected chi connectivity index (χ1v) is 7.70. The second kappa shape index (κ2) is 7.59. The summed E-state index contributed by atoms with van der Waals surface area (Å²) in [4.78, 5) is 0. The zero-order chi connectivity index (χ0) is 14.4. The highest BCUT2D eigenvalue weighted by Crippen LogP contribution is 2.28. The number of ether oxygens (including phenoxy) is 1. The summed E-state index contributed by atoms with van der Waals surface area (Å²) < 4.78 is 20.6. The van der Waals surface area contributed by atoms with Crippen molar-refractivity contribution in [3.05, 3.63) is 57.4 Å². The zero-order valence-electron chi connectivity index (χ0n) is 11.3. The highest BCUT2D eigenvalue weighted by atomic mass is 127. The average Bonchev–Trinajstić information content (AvgIpc) is 2.44. The van der Waals surface area contributed by atoms with Crippen LogP contribution in [0.25, 0.3) is 0 Å². The lowest BCUT2D eigenvalue weighted by atomic mass is 10.2. The summed E-state index contributed by atoms with van der Waals surface area (Å²) in [5.41, 5.74) is 0.922. The van der Waals surface area contributed by atoms with E-state index < -0.39 is 0 Å². The Kier molecular flexibility index (Phi) is 5.79. The summed E-state index contributed by atoms with van der Waals surface area (Å²) in [5, 5.41) is 3.25. The highest BCUT2D eigenvalue weighted by molar-refractivity contribution is 14.1. The smallest absolute Gasteiger partial charge is 0.166 e. The lowest BCUT2D eigenvalue weighted by Gasteiger charge is -2.10. The van der Waals surface area contributed by atoms with Crippen LogP contribution in [0.1, 0.15) is 18.9 Å². The van der Waals surface area contributed by atoms with Gasteiger partial charge >= 0.3 is 0 Å². The molecule has 0 saturated heterocycles. The van der Waals surface area contributed by atoms with Crippen molar-refractivity contribution in [1.82, 2.24) is 5.32 Å². The molecule has 0 atom stereocenters. The Hall–Kier alpha value is -1.14. The van der Waals surface area contributed by atoms with Gasteiger partial charge in [0.1, 0.15) is 5.75 Å². The number of rotatable bonds is 6. The van der Waals surface area contributed by atoms with Crippen molar-refractivity contribution in [2.75, 3.05) is 6.54 Å². The molecule has 20 heavy (non-hydrogen) atoms. The molecule has 1 N–H and O–H groups in total. The number of hydrogen-bond donors (Lipinski definition) is 1. The molecule has 0 amide bonds. The average molecular weight is 385 g/mol. The first-order valence-electron chi connectivity index (χ1n) is 6.62. The fraction of sp³-hybridized carbons (Fsp3) is 0.250. The molecule has 2 aromatic rings. The third kappa shape index (κ3) is 4.18. The highest BCUT2D eigenvalue weighted by Gasteiger charge is 2.08. The van der Waals surface area contributed by atoms with E-state index in [9.17, 15) is 4.39 Å². The quantitative estimate of drug-likeness (QED) is 0.574. The van der Waals surface area contributed by atoms with Gasteiger partial charge in [-0.25, -0.2) is 4.39 Å². The molecule has 0 heterocycles. The summed E-state index contributed by atoms with van der Waals surface area (Å²) in [6.45, 7) is 3.71. The van der Waals surface area contributed by atoms with Crippen LogP contribution in [0.5, 0.6) is 11.5 Å². The van der Waals surface area contributed by atoms with E-state index in [1.165, 1.54) is 6.07 Å². The molecule has 0 spiro atoms. The molecular formula is C16H17FINO. The van der Waals surface area contributed by atoms with Gasteiger partial charge in [-0.3, -0.25) is 0 Å². The molecule has 0 unspecified atom stereocenters. The Labute approximate surface area is 132 Å². The van der Waals surface area contributed by atoms with Crippen molar-refractivity contribution in [1.29, 1.82) is 0 Å². The summed E-state index contributed by atoms with van der Waals surface area (Å²) in [5.74, 6) is 0.595. The maximum absolute atomic E-state index is 14.0. The minimum Gasteiger partial charge on any atom is -0.453 e. The molecule has 0 radical (unpaired) electrons. The van der Waals surface area contributed by atoms with E-state index in [1.54, 1.807) is 6.07 Å². The first kappa shape index (κ1) is 15.3. The van der Waals surface area contributed by atoms with Gasteiger partial charge in [-0.15, -0.1) is 0 Å². The van der Waals surface area contributed by atoms with Crippen molar-refractivity contribution >= 4 is 22.6 Å². The van der Waals surface area contributed by atoms with Crippen LogP contribution in [0.15, 0.2) is 42.5 Å². The lowest BCUT2D eigenvalue weighted by molar-refractivity contribution is 0.439. The van der Waals surface area contributed by atoms with Gasteiger partial charge in [0, 0.05) is 6.54 Å². The van der Waals surface area contributed by atoms with Crippen molar-refractivity contribution in [3.63, 3.8) is 0 Å². The predicted octanol–water partition coefficient (Wildman–Crippen LogP) is 4.72. The molecule has 0 saturated carbocycles. The molecule has 0 aliphatic heterocycles. The third-order valence-electron chi connectivity index (χ3n) is 2.81. The van der Waals surface area contributed by atoms with E-state index in [-0.39, 0.29) is 11.6 Å². The molecule has 0 bridgehead atoms. The van der Waals surface area contributed by atoms with Gasteiger partial charge in [-0.1, -0.05) is 25.1 Å². The van der Waals surface area contributed by atoms with Gasteiger partial charge in [-0.2, -0.15) is 0 Å². The van der Waals surface area contributed by atoms with Crippen molar-refractivity contribution in [2.24, 2.45) is 0 Å². The normalized spacial score (nSPS) is 10.6. The lowest BCUT2D eigenvalue weighted by Crippen LogP contribution is -2.13. The fourth-order valence-electron chi connectivity index (χ4n) is 1.79. The van der Waals surface area contributed by atoms with Gasteiger partial charge in [0.05, 0.1) is 3.57 Å². The second-order valence-corrected chi connectivity index (χ2v) is 5.64. The van der Waals surface area contributed by atoms with Crippen molar-refractivity contribution < 1.29 is 9.13 Å². The minimum atomic E-state index is -0.333. The first-order chi connectivity index (χ1) is 9.70. The molecule has 2 rings (SSSR count). The SMILES string of the molecule is CCCNCc1ccc(Oc2ccccc2I)c(F)c1. The number of halogens is 2. The van der Waals surface area contributed by atoms with Crippen LogP contribution in [0.2, 0.25) is 0 Å². The third-order valence-corrected chi connectivity index (χ3v) is 3.70. The predicted molar refractivity (Wildman–Crippen MR) is 87.6 cm³/mol. The Balaban J connectivity index is 2.08. The van der Waals surface area contributed by atoms with Crippen LogP contribution in [0.4, 0.5) is 4.39 Å². The summed E-state index contributed by atoms with van der Waals surface area (Å²) in [6, 6.07) is 12.6. The number of hydrogen-bond acceptors (Lipinski definition) is 2. The monoisotopic (exact) mass is 385 g/mol. The summed E-state index contributed by atoms with van der Waals surface area (Å²) in [6.07, 6.45) is 1.07. The van der Waals surface area contributed by atoms with Crippen LogP contribution in [0, 0.1) is 9.39 Å². The standard InChI is InChI=1S/C16H17FINO/c1-2-9-19-11-12-7-8-15(13(17)10-12)20-16-6-4-3-5-14(16)18/h3-8,10,19H,2,9,11H2,1H3. The van der Waals surface area contributed by atoms with Crippen LogP contribution < -0.4 is 10.1 Å². The second-order valence-electron chi connectivity index (χ2n) is 4.47. The Morgan fingerprint density at radius 3 is 2.65 bits per heavy atom. The number of benzene rings is 2. The Morgan fingerprint density at radius 1 is 1.15 bits per heavy atom. The molecule has 0 aromatic heterocycles. The van der Waals surface area contributed by atoms with E-state index in [1.807, 2.05) is 30.3 Å². The van der Waals surface area contributed by atoms with Gasteiger partial charge in [-0.05, 0) is 65.4 Å². The zero-order valence-corrected chi connectivity index (χ0v) is 13.5. The molecule has 2 nitrogen and oxygen atoms in total. The van der Waals surface area contributed by atoms with Gasteiger partial charge in [0.15, 0.2) is 11.6 Å². The Bertz CT molecular complexity index is 574. The molecule has 0 aliphatic carbocycles. The molecular weight excluding hydrogens is 368 g/mol.